The van der Waals surface area contributed by atoms with Crippen molar-refractivity contribution in [3.8, 4) is 0 Å². The molecule has 1 aliphatic heterocycles. The number of anilines is 1. The lowest BCUT2D eigenvalue weighted by atomic mass is 9.91. The Morgan fingerprint density at radius 2 is 2.21 bits per heavy atom. The van der Waals surface area contributed by atoms with E-state index in [1.54, 1.807) is 0 Å². The van der Waals surface area contributed by atoms with E-state index in [1.165, 1.54) is 11.1 Å². The summed E-state index contributed by atoms with van der Waals surface area (Å²) in [6.07, 6.45) is 2.61. The summed E-state index contributed by atoms with van der Waals surface area (Å²) in [6, 6.07) is 6.36. The molecule has 1 amide bonds. The standard InChI is InChI=1S/C16H22N2O/c1-10(2)6-7-18-14-5-3-4-12-13(17)8-11(16(12)14)9-15(18)19/h3-5,10-11,13H,6-9,17H2,1-2H3. The number of carbonyl (C=O) groups excluding carboxylic acids is 1. The largest absolute Gasteiger partial charge is 0.324 e. The van der Waals surface area contributed by atoms with Crippen LogP contribution in [-0.4, -0.2) is 12.5 Å². The molecule has 2 unspecified atom stereocenters. The first-order valence-corrected chi connectivity index (χ1v) is 7.26. The highest BCUT2D eigenvalue weighted by atomic mass is 16.2. The first kappa shape index (κ1) is 12.7. The summed E-state index contributed by atoms with van der Waals surface area (Å²) in [5.74, 6) is 1.23. The maximum atomic E-state index is 12.4. The Balaban J connectivity index is 1.98. The first-order chi connectivity index (χ1) is 9.08. The van der Waals surface area contributed by atoms with Crippen LogP contribution in [0.3, 0.4) is 0 Å². The van der Waals surface area contributed by atoms with Gasteiger partial charge < -0.3 is 10.6 Å². The lowest BCUT2D eigenvalue weighted by Crippen LogP contribution is -2.37. The third-order valence-electron chi connectivity index (χ3n) is 4.41. The first-order valence-electron chi connectivity index (χ1n) is 7.26. The van der Waals surface area contributed by atoms with Gasteiger partial charge in [-0.15, -0.1) is 0 Å². The van der Waals surface area contributed by atoms with Crippen LogP contribution in [0.25, 0.3) is 0 Å². The van der Waals surface area contributed by atoms with Crippen molar-refractivity contribution in [3.63, 3.8) is 0 Å². The van der Waals surface area contributed by atoms with Gasteiger partial charge in [-0.2, -0.15) is 0 Å². The molecule has 1 aliphatic carbocycles. The predicted octanol–water partition coefficient (Wildman–Crippen LogP) is 2.96. The molecule has 19 heavy (non-hydrogen) atoms. The van der Waals surface area contributed by atoms with Crippen molar-refractivity contribution in [2.45, 2.75) is 45.1 Å². The van der Waals surface area contributed by atoms with E-state index in [0.29, 0.717) is 18.3 Å². The molecule has 0 bridgehead atoms. The summed E-state index contributed by atoms with van der Waals surface area (Å²) in [4.78, 5) is 14.3. The summed E-state index contributed by atoms with van der Waals surface area (Å²) >= 11 is 0. The molecule has 0 saturated heterocycles. The van der Waals surface area contributed by atoms with Crippen LogP contribution < -0.4 is 10.6 Å². The lowest BCUT2D eigenvalue weighted by Gasteiger charge is -2.32. The number of benzene rings is 1. The van der Waals surface area contributed by atoms with Crippen LogP contribution in [-0.2, 0) is 4.79 Å². The second-order valence-corrected chi connectivity index (χ2v) is 6.25. The Hall–Kier alpha value is -1.35. The maximum absolute atomic E-state index is 12.4. The molecule has 3 rings (SSSR count). The SMILES string of the molecule is CC(C)CCN1C(=O)CC2CC(N)c3cccc1c32. The van der Waals surface area contributed by atoms with Gasteiger partial charge >= 0.3 is 0 Å². The molecule has 1 aromatic carbocycles. The molecule has 102 valence electrons. The molecule has 1 heterocycles. The van der Waals surface area contributed by atoms with Gasteiger partial charge in [-0.25, -0.2) is 0 Å². The van der Waals surface area contributed by atoms with Gasteiger partial charge in [0.2, 0.25) is 5.91 Å². The van der Waals surface area contributed by atoms with Crippen molar-refractivity contribution >= 4 is 11.6 Å². The number of carbonyl (C=O) groups is 1. The van der Waals surface area contributed by atoms with Crippen LogP contribution in [0.15, 0.2) is 18.2 Å². The molecule has 2 aliphatic rings. The highest BCUT2D eigenvalue weighted by molar-refractivity contribution is 5.97. The van der Waals surface area contributed by atoms with Gasteiger partial charge in [0.1, 0.15) is 0 Å². The van der Waals surface area contributed by atoms with Gasteiger partial charge in [0.15, 0.2) is 0 Å². The zero-order valence-electron chi connectivity index (χ0n) is 11.7. The molecule has 2 atom stereocenters. The minimum Gasteiger partial charge on any atom is -0.324 e. The van der Waals surface area contributed by atoms with Crippen LogP contribution in [0, 0.1) is 5.92 Å². The summed E-state index contributed by atoms with van der Waals surface area (Å²) in [7, 11) is 0. The van der Waals surface area contributed by atoms with Gasteiger partial charge in [0, 0.05) is 24.7 Å². The lowest BCUT2D eigenvalue weighted by molar-refractivity contribution is -0.119. The topological polar surface area (TPSA) is 46.3 Å². The fourth-order valence-electron chi connectivity index (χ4n) is 3.40. The maximum Gasteiger partial charge on any atom is 0.227 e. The molecule has 3 heteroatoms. The number of rotatable bonds is 3. The molecule has 0 fully saturated rings. The van der Waals surface area contributed by atoms with Crippen molar-refractivity contribution < 1.29 is 4.79 Å². The van der Waals surface area contributed by atoms with E-state index in [9.17, 15) is 4.79 Å². The highest BCUT2D eigenvalue weighted by Gasteiger charge is 2.38. The van der Waals surface area contributed by atoms with Crippen LogP contribution in [0.1, 0.15) is 56.2 Å². The summed E-state index contributed by atoms with van der Waals surface area (Å²) in [5, 5.41) is 0. The van der Waals surface area contributed by atoms with Crippen LogP contribution in [0.2, 0.25) is 0 Å². The average Bonchev–Trinajstić information content (AvgIpc) is 2.67. The number of nitrogens with two attached hydrogens (primary N) is 1. The van der Waals surface area contributed by atoms with E-state index in [0.717, 1.165) is 25.1 Å². The molecule has 2 N–H and O–H groups in total. The van der Waals surface area contributed by atoms with E-state index in [4.69, 9.17) is 5.73 Å². The predicted molar refractivity (Wildman–Crippen MR) is 77.2 cm³/mol. The second kappa shape index (κ2) is 4.64. The van der Waals surface area contributed by atoms with Gasteiger partial charge in [-0.3, -0.25) is 4.79 Å². The van der Waals surface area contributed by atoms with Crippen LogP contribution in [0.4, 0.5) is 5.69 Å². The number of hydrogen-bond acceptors (Lipinski definition) is 2. The van der Waals surface area contributed by atoms with Gasteiger partial charge in [-0.05, 0) is 41.9 Å². The highest BCUT2D eigenvalue weighted by Crippen LogP contribution is 2.48. The fraction of sp³-hybridized carbons (Fsp3) is 0.562. The molecule has 0 aromatic heterocycles. The second-order valence-electron chi connectivity index (χ2n) is 6.25. The summed E-state index contributed by atoms with van der Waals surface area (Å²) in [6.45, 7) is 5.22. The summed E-state index contributed by atoms with van der Waals surface area (Å²) < 4.78 is 0. The van der Waals surface area contributed by atoms with Crippen LogP contribution >= 0.6 is 0 Å². The van der Waals surface area contributed by atoms with Crippen molar-refractivity contribution in [1.29, 1.82) is 0 Å². The van der Waals surface area contributed by atoms with E-state index >= 15 is 0 Å². The minimum atomic E-state index is 0.109. The van der Waals surface area contributed by atoms with Crippen LogP contribution in [0.5, 0.6) is 0 Å². The Bertz CT molecular complexity index is 509. The van der Waals surface area contributed by atoms with Crippen molar-refractivity contribution in [3.05, 3.63) is 29.3 Å². The van der Waals surface area contributed by atoms with Gasteiger partial charge in [0.25, 0.3) is 0 Å². The Morgan fingerprint density at radius 3 is 2.95 bits per heavy atom. The van der Waals surface area contributed by atoms with E-state index in [1.807, 2.05) is 11.0 Å². The molecule has 0 radical (unpaired) electrons. The number of hydrogen-bond donors (Lipinski definition) is 1. The average molecular weight is 258 g/mol. The van der Waals surface area contributed by atoms with Crippen molar-refractivity contribution in [1.82, 2.24) is 0 Å². The molecule has 1 aromatic rings. The smallest absolute Gasteiger partial charge is 0.227 e. The van der Waals surface area contributed by atoms with Crippen molar-refractivity contribution in [2.75, 3.05) is 11.4 Å². The van der Waals surface area contributed by atoms with Crippen molar-refractivity contribution in [2.24, 2.45) is 11.7 Å². The van der Waals surface area contributed by atoms with E-state index in [-0.39, 0.29) is 11.9 Å². The number of nitrogens with zero attached hydrogens (tertiary/aromatic N) is 1. The zero-order valence-corrected chi connectivity index (χ0v) is 11.7. The Kier molecular flexibility index (Phi) is 3.09. The molecular weight excluding hydrogens is 236 g/mol. The molecular formula is C16H22N2O. The van der Waals surface area contributed by atoms with Gasteiger partial charge in [-0.1, -0.05) is 26.0 Å². The third kappa shape index (κ3) is 2.06. The van der Waals surface area contributed by atoms with E-state index < -0.39 is 0 Å². The Morgan fingerprint density at radius 1 is 1.42 bits per heavy atom. The molecule has 0 spiro atoms. The normalized spacial score (nSPS) is 25.1. The van der Waals surface area contributed by atoms with E-state index in [2.05, 4.69) is 26.0 Å². The minimum absolute atomic E-state index is 0.109. The quantitative estimate of drug-likeness (QED) is 0.906. The third-order valence-corrected chi connectivity index (χ3v) is 4.41. The Labute approximate surface area is 114 Å². The molecule has 0 saturated carbocycles. The monoisotopic (exact) mass is 258 g/mol. The van der Waals surface area contributed by atoms with Gasteiger partial charge in [0.05, 0.1) is 0 Å². The number of amides is 1. The fourth-order valence-corrected chi connectivity index (χ4v) is 3.40. The summed E-state index contributed by atoms with van der Waals surface area (Å²) in [5.41, 5.74) is 9.91. The molecule has 3 nitrogen and oxygen atoms in total. The zero-order chi connectivity index (χ0) is 13.6.